The van der Waals surface area contributed by atoms with Crippen molar-refractivity contribution >= 4 is 11.8 Å². The minimum absolute atomic E-state index is 0.0413. The van der Waals surface area contributed by atoms with Crippen molar-refractivity contribution in [3.05, 3.63) is 22.9 Å². The second-order valence-electron chi connectivity index (χ2n) is 3.56. The molecule has 7 heteroatoms. The summed E-state index contributed by atoms with van der Waals surface area (Å²) < 4.78 is 30.3. The molecule has 0 spiro atoms. The summed E-state index contributed by atoms with van der Waals surface area (Å²) >= 11 is 0. The molecule has 0 saturated carbocycles. The van der Waals surface area contributed by atoms with Gasteiger partial charge in [-0.15, -0.1) is 0 Å². The van der Waals surface area contributed by atoms with Crippen LogP contribution in [-0.4, -0.2) is 17.6 Å². The molecule has 1 aromatic heterocycles. The number of hydrogen-bond acceptors (Lipinski definition) is 5. The van der Waals surface area contributed by atoms with Crippen LogP contribution in [0.25, 0.3) is 0 Å². The van der Waals surface area contributed by atoms with E-state index in [-0.39, 0.29) is 31.0 Å². The number of pyridine rings is 1. The molecule has 0 amide bonds. The fourth-order valence-corrected chi connectivity index (χ4v) is 1.49. The summed E-state index contributed by atoms with van der Waals surface area (Å²) in [4.78, 5) is 14.9. The summed E-state index contributed by atoms with van der Waals surface area (Å²) in [5, 5.41) is 0. The molecular weight excluding hydrogens is 244 g/mol. The highest BCUT2D eigenvalue weighted by Crippen LogP contribution is 2.25. The van der Waals surface area contributed by atoms with Crippen molar-refractivity contribution in [2.24, 2.45) is 5.73 Å². The van der Waals surface area contributed by atoms with Gasteiger partial charge in [0.25, 0.3) is 6.43 Å². The third-order valence-electron chi connectivity index (χ3n) is 2.31. The van der Waals surface area contributed by atoms with Gasteiger partial charge in [-0.05, 0) is 18.6 Å². The Morgan fingerprint density at radius 1 is 1.50 bits per heavy atom. The number of carbonyl (C=O) groups is 1. The normalized spacial score (nSPS) is 10.7. The zero-order valence-electron chi connectivity index (χ0n) is 9.95. The number of nitrogen functional groups attached to an aromatic ring is 1. The average Bonchev–Trinajstić information content (AvgIpc) is 2.30. The molecule has 0 bridgehead atoms. The van der Waals surface area contributed by atoms with E-state index in [9.17, 15) is 13.6 Å². The molecule has 1 heterocycles. The van der Waals surface area contributed by atoms with E-state index < -0.39 is 18.1 Å². The van der Waals surface area contributed by atoms with Crippen LogP contribution >= 0.6 is 0 Å². The molecule has 5 nitrogen and oxygen atoms in total. The number of hydrogen-bond donors (Lipinski definition) is 2. The van der Waals surface area contributed by atoms with Crippen molar-refractivity contribution in [3.8, 4) is 0 Å². The Balaban J connectivity index is 3.10. The first-order valence-corrected chi connectivity index (χ1v) is 5.41. The van der Waals surface area contributed by atoms with E-state index in [0.717, 1.165) is 0 Å². The maximum absolute atomic E-state index is 12.8. The largest absolute Gasteiger partial charge is 0.466 e. The number of aromatic nitrogens is 1. The number of nitrogens with zero attached hydrogens (tertiary/aromatic N) is 1. The van der Waals surface area contributed by atoms with Crippen LogP contribution in [0.3, 0.4) is 0 Å². The molecule has 0 aromatic carbocycles. The summed E-state index contributed by atoms with van der Waals surface area (Å²) in [6.45, 7) is 1.89. The van der Waals surface area contributed by atoms with Gasteiger partial charge < -0.3 is 16.2 Å². The fourth-order valence-electron chi connectivity index (χ4n) is 1.49. The fraction of sp³-hybridized carbons (Fsp3) is 0.455. The van der Waals surface area contributed by atoms with Gasteiger partial charge in [0, 0.05) is 12.1 Å². The maximum Gasteiger partial charge on any atom is 0.310 e. The minimum atomic E-state index is -2.80. The van der Waals surface area contributed by atoms with Crippen molar-refractivity contribution in [3.63, 3.8) is 0 Å². The van der Waals surface area contributed by atoms with Gasteiger partial charge in [-0.2, -0.15) is 0 Å². The van der Waals surface area contributed by atoms with Gasteiger partial charge >= 0.3 is 5.97 Å². The van der Waals surface area contributed by atoms with Gasteiger partial charge in [0.2, 0.25) is 0 Å². The molecule has 0 saturated heterocycles. The molecule has 0 aliphatic heterocycles. The van der Waals surface area contributed by atoms with E-state index >= 15 is 0 Å². The quantitative estimate of drug-likeness (QED) is 0.774. The van der Waals surface area contributed by atoms with Crippen LogP contribution < -0.4 is 11.5 Å². The first kappa shape index (κ1) is 14.3. The molecule has 1 aromatic rings. The number of esters is 1. The summed E-state index contributed by atoms with van der Waals surface area (Å²) in [7, 11) is 0. The van der Waals surface area contributed by atoms with Crippen LogP contribution in [0.4, 0.5) is 14.6 Å². The predicted molar refractivity (Wildman–Crippen MR) is 61.8 cm³/mol. The van der Waals surface area contributed by atoms with Gasteiger partial charge in [0.1, 0.15) is 11.5 Å². The summed E-state index contributed by atoms with van der Waals surface area (Å²) in [6.07, 6.45) is -3.07. The third kappa shape index (κ3) is 3.36. The van der Waals surface area contributed by atoms with Crippen LogP contribution in [0.2, 0.25) is 0 Å². The minimum Gasteiger partial charge on any atom is -0.466 e. The van der Waals surface area contributed by atoms with Crippen LogP contribution in [0.1, 0.15) is 30.2 Å². The Morgan fingerprint density at radius 2 is 2.17 bits per heavy atom. The SMILES string of the molecule is CCOC(=O)Cc1cc(CN)c(N)nc1C(F)F. The monoisotopic (exact) mass is 259 g/mol. The smallest absolute Gasteiger partial charge is 0.310 e. The molecule has 0 radical (unpaired) electrons. The Labute approximate surface area is 103 Å². The highest BCUT2D eigenvalue weighted by molar-refractivity contribution is 5.73. The number of halogens is 2. The Hall–Kier alpha value is -1.76. The van der Waals surface area contributed by atoms with Crippen LogP contribution in [0.15, 0.2) is 6.07 Å². The van der Waals surface area contributed by atoms with Crippen LogP contribution in [0, 0.1) is 0 Å². The molecule has 18 heavy (non-hydrogen) atoms. The summed E-state index contributed by atoms with van der Waals surface area (Å²) in [5.74, 6) is -0.630. The molecular formula is C11H15F2N3O2. The predicted octanol–water partition coefficient (Wildman–Crippen LogP) is 1.17. The number of carbonyl (C=O) groups excluding carboxylic acids is 1. The molecule has 0 unspecified atom stereocenters. The number of nitrogens with two attached hydrogens (primary N) is 2. The van der Waals surface area contributed by atoms with Gasteiger partial charge in [-0.25, -0.2) is 13.8 Å². The van der Waals surface area contributed by atoms with Gasteiger partial charge in [-0.3, -0.25) is 4.79 Å². The van der Waals surface area contributed by atoms with Crippen molar-refractivity contribution in [2.45, 2.75) is 26.3 Å². The maximum atomic E-state index is 12.8. The standard InChI is InChI=1S/C11H15F2N3O2/c1-2-18-8(17)4-6-3-7(5-14)11(15)16-9(6)10(12)13/h3,10H,2,4-5,14H2,1H3,(H2,15,16). The molecule has 0 atom stereocenters. The summed E-state index contributed by atoms with van der Waals surface area (Å²) in [5.41, 5.74) is 10.9. The van der Waals surface area contributed by atoms with E-state index in [0.29, 0.717) is 5.56 Å². The zero-order chi connectivity index (χ0) is 13.7. The Bertz CT molecular complexity index is 439. The summed E-state index contributed by atoms with van der Waals surface area (Å²) in [6, 6.07) is 1.38. The van der Waals surface area contributed by atoms with Crippen LogP contribution in [-0.2, 0) is 22.5 Å². The Kier molecular flexibility index (Phi) is 4.96. The topological polar surface area (TPSA) is 91.2 Å². The molecule has 0 aliphatic carbocycles. The first-order valence-electron chi connectivity index (χ1n) is 5.41. The van der Waals surface area contributed by atoms with Crippen LogP contribution in [0.5, 0.6) is 0 Å². The third-order valence-corrected chi connectivity index (χ3v) is 2.31. The van der Waals surface area contributed by atoms with E-state index in [4.69, 9.17) is 16.2 Å². The molecule has 1 rings (SSSR count). The van der Waals surface area contributed by atoms with Crippen molar-refractivity contribution < 1.29 is 18.3 Å². The lowest BCUT2D eigenvalue weighted by Crippen LogP contribution is -2.13. The molecule has 100 valence electrons. The molecule has 4 N–H and O–H groups in total. The van der Waals surface area contributed by atoms with Crippen molar-refractivity contribution in [1.82, 2.24) is 4.98 Å². The average molecular weight is 259 g/mol. The second kappa shape index (κ2) is 6.25. The molecule has 0 fully saturated rings. The lowest BCUT2D eigenvalue weighted by Gasteiger charge is -2.11. The highest BCUT2D eigenvalue weighted by atomic mass is 19.3. The van der Waals surface area contributed by atoms with E-state index in [1.54, 1.807) is 6.92 Å². The van der Waals surface area contributed by atoms with Crippen molar-refractivity contribution in [1.29, 1.82) is 0 Å². The van der Waals surface area contributed by atoms with Gasteiger partial charge in [0.05, 0.1) is 13.0 Å². The zero-order valence-corrected chi connectivity index (χ0v) is 9.95. The number of anilines is 1. The number of alkyl halides is 2. The Morgan fingerprint density at radius 3 is 2.67 bits per heavy atom. The van der Waals surface area contributed by atoms with Gasteiger partial charge in [0.15, 0.2) is 0 Å². The second-order valence-corrected chi connectivity index (χ2v) is 3.56. The molecule has 0 aliphatic rings. The number of rotatable bonds is 5. The highest BCUT2D eigenvalue weighted by Gasteiger charge is 2.19. The van der Waals surface area contributed by atoms with Gasteiger partial charge in [-0.1, -0.05) is 0 Å². The first-order chi connectivity index (χ1) is 8.49. The van der Waals surface area contributed by atoms with Crippen molar-refractivity contribution in [2.75, 3.05) is 12.3 Å². The van der Waals surface area contributed by atoms with E-state index in [1.165, 1.54) is 6.07 Å². The van der Waals surface area contributed by atoms with E-state index in [2.05, 4.69) is 4.98 Å². The van der Waals surface area contributed by atoms with E-state index in [1.807, 2.05) is 0 Å². The number of ether oxygens (including phenoxy) is 1. The lowest BCUT2D eigenvalue weighted by atomic mass is 10.1. The lowest BCUT2D eigenvalue weighted by molar-refractivity contribution is -0.142.